The zero-order chi connectivity index (χ0) is 10.6. The molecule has 0 aliphatic rings. The molecule has 3 heteroatoms. The van der Waals surface area contributed by atoms with Gasteiger partial charge in [0.2, 0.25) is 0 Å². The first kappa shape index (κ1) is 10.9. The van der Waals surface area contributed by atoms with E-state index in [1.54, 1.807) is 14.2 Å². The van der Waals surface area contributed by atoms with E-state index in [0.717, 1.165) is 17.5 Å². The number of methoxy groups -OCH3 is 2. The number of ether oxygens (including phenoxy) is 2. The smallest absolute Gasteiger partial charge is 0.161 e. The van der Waals surface area contributed by atoms with Crippen LogP contribution in [0.5, 0.6) is 11.5 Å². The molecule has 1 rings (SSSR count). The molecule has 0 saturated carbocycles. The predicted molar refractivity (Wildman–Crippen MR) is 55.0 cm³/mol. The van der Waals surface area contributed by atoms with Crippen LogP contribution in [0.1, 0.15) is 11.1 Å². The summed E-state index contributed by atoms with van der Waals surface area (Å²) in [5.74, 6) is 0.741. The van der Waals surface area contributed by atoms with Crippen molar-refractivity contribution in [1.29, 1.82) is 0 Å². The van der Waals surface area contributed by atoms with E-state index >= 15 is 0 Å². The van der Waals surface area contributed by atoms with Crippen molar-refractivity contribution in [1.82, 2.24) is 0 Å². The third-order valence-electron chi connectivity index (χ3n) is 2.14. The molecule has 0 fully saturated rings. The van der Waals surface area contributed by atoms with E-state index in [-0.39, 0.29) is 5.75 Å². The first-order valence-electron chi connectivity index (χ1n) is 4.54. The van der Waals surface area contributed by atoms with Crippen molar-refractivity contribution in [2.75, 3.05) is 20.8 Å². The molecule has 0 bridgehead atoms. The van der Waals surface area contributed by atoms with E-state index in [9.17, 15) is 5.11 Å². The maximum Gasteiger partial charge on any atom is 0.161 e. The molecule has 0 spiro atoms. The lowest BCUT2D eigenvalue weighted by atomic mass is 10.1. The molecular formula is C11H16O3. The Kier molecular flexibility index (Phi) is 3.77. The molecule has 0 saturated heterocycles. The fourth-order valence-corrected chi connectivity index (χ4v) is 1.34. The molecule has 1 N–H and O–H groups in total. The molecule has 1 aromatic rings. The fourth-order valence-electron chi connectivity index (χ4n) is 1.34. The number of rotatable bonds is 4. The molecule has 0 atom stereocenters. The number of aryl methyl sites for hydroxylation is 1. The quantitative estimate of drug-likeness (QED) is 0.799. The number of aromatic hydroxyl groups is 1. The molecule has 0 radical (unpaired) electrons. The van der Waals surface area contributed by atoms with Crippen LogP contribution >= 0.6 is 0 Å². The van der Waals surface area contributed by atoms with Crippen LogP contribution in [0.4, 0.5) is 0 Å². The highest BCUT2D eigenvalue weighted by Gasteiger charge is 2.06. The van der Waals surface area contributed by atoms with Crippen molar-refractivity contribution in [3.63, 3.8) is 0 Å². The first-order chi connectivity index (χ1) is 6.69. The van der Waals surface area contributed by atoms with Gasteiger partial charge in [-0.3, -0.25) is 0 Å². The zero-order valence-corrected chi connectivity index (χ0v) is 8.83. The average molecular weight is 196 g/mol. The standard InChI is InChI=1S/C11H16O3/c1-8-6-9(4-5-13-2)7-10(14-3)11(8)12/h6-7,12H,4-5H2,1-3H3. The normalized spacial score (nSPS) is 10.2. The van der Waals surface area contributed by atoms with Gasteiger partial charge >= 0.3 is 0 Å². The molecule has 0 amide bonds. The molecule has 3 nitrogen and oxygen atoms in total. The lowest BCUT2D eigenvalue weighted by molar-refractivity contribution is 0.202. The summed E-state index contributed by atoms with van der Waals surface area (Å²) in [6, 6.07) is 3.78. The Bertz CT molecular complexity index is 308. The van der Waals surface area contributed by atoms with Crippen molar-refractivity contribution < 1.29 is 14.6 Å². The summed E-state index contributed by atoms with van der Waals surface area (Å²) in [5, 5.41) is 9.59. The molecule has 0 aliphatic carbocycles. The van der Waals surface area contributed by atoms with Crippen LogP contribution in [0.2, 0.25) is 0 Å². The minimum atomic E-state index is 0.216. The van der Waals surface area contributed by atoms with Gasteiger partial charge in [0.15, 0.2) is 11.5 Å². The Hall–Kier alpha value is -1.22. The minimum absolute atomic E-state index is 0.216. The molecule has 0 aromatic heterocycles. The molecule has 0 unspecified atom stereocenters. The number of phenolic OH excluding ortho intramolecular Hbond substituents is 1. The first-order valence-corrected chi connectivity index (χ1v) is 4.54. The van der Waals surface area contributed by atoms with Gasteiger partial charge in [-0.1, -0.05) is 6.07 Å². The van der Waals surface area contributed by atoms with Crippen molar-refractivity contribution in [3.05, 3.63) is 23.3 Å². The molecule has 0 heterocycles. The summed E-state index contributed by atoms with van der Waals surface area (Å²) >= 11 is 0. The van der Waals surface area contributed by atoms with E-state index < -0.39 is 0 Å². The monoisotopic (exact) mass is 196 g/mol. The second-order valence-corrected chi connectivity index (χ2v) is 3.21. The van der Waals surface area contributed by atoms with Gasteiger partial charge in [0.1, 0.15) is 0 Å². The van der Waals surface area contributed by atoms with Crippen LogP contribution in [0.25, 0.3) is 0 Å². The number of phenols is 1. The Morgan fingerprint density at radius 3 is 2.57 bits per heavy atom. The van der Waals surface area contributed by atoms with Gasteiger partial charge in [-0.25, -0.2) is 0 Å². The van der Waals surface area contributed by atoms with Crippen LogP contribution in [0, 0.1) is 6.92 Å². The number of benzene rings is 1. The van der Waals surface area contributed by atoms with Gasteiger partial charge in [-0.15, -0.1) is 0 Å². The van der Waals surface area contributed by atoms with Crippen LogP contribution < -0.4 is 4.74 Å². The minimum Gasteiger partial charge on any atom is -0.504 e. The van der Waals surface area contributed by atoms with Crippen molar-refractivity contribution in [2.45, 2.75) is 13.3 Å². The summed E-state index contributed by atoms with van der Waals surface area (Å²) in [7, 11) is 3.22. The maximum absolute atomic E-state index is 9.59. The van der Waals surface area contributed by atoms with E-state index in [4.69, 9.17) is 9.47 Å². The van der Waals surface area contributed by atoms with Crippen LogP contribution in [0.3, 0.4) is 0 Å². The van der Waals surface area contributed by atoms with Gasteiger partial charge in [0.05, 0.1) is 13.7 Å². The topological polar surface area (TPSA) is 38.7 Å². The average Bonchev–Trinajstić information content (AvgIpc) is 2.19. The molecular weight excluding hydrogens is 180 g/mol. The molecule has 0 aliphatic heterocycles. The molecule has 1 aromatic carbocycles. The van der Waals surface area contributed by atoms with Crippen molar-refractivity contribution in [3.8, 4) is 11.5 Å². The second kappa shape index (κ2) is 4.86. The lowest BCUT2D eigenvalue weighted by Gasteiger charge is -2.09. The Labute approximate surface area is 84.3 Å². The largest absolute Gasteiger partial charge is 0.504 e. The Morgan fingerprint density at radius 1 is 1.29 bits per heavy atom. The van der Waals surface area contributed by atoms with Gasteiger partial charge in [-0.05, 0) is 30.5 Å². The SMILES string of the molecule is COCCc1cc(C)c(O)c(OC)c1. The third kappa shape index (κ3) is 2.39. The maximum atomic E-state index is 9.59. The zero-order valence-electron chi connectivity index (χ0n) is 8.83. The highest BCUT2D eigenvalue weighted by molar-refractivity contribution is 5.47. The van der Waals surface area contributed by atoms with E-state index in [2.05, 4.69) is 0 Å². The van der Waals surface area contributed by atoms with Gasteiger partial charge in [-0.2, -0.15) is 0 Å². The predicted octanol–water partition coefficient (Wildman–Crippen LogP) is 1.90. The lowest BCUT2D eigenvalue weighted by Crippen LogP contribution is -1.96. The summed E-state index contributed by atoms with van der Waals surface area (Å²) in [5.41, 5.74) is 1.94. The molecule has 78 valence electrons. The van der Waals surface area contributed by atoms with Gasteiger partial charge in [0, 0.05) is 7.11 Å². The van der Waals surface area contributed by atoms with Crippen molar-refractivity contribution in [2.24, 2.45) is 0 Å². The summed E-state index contributed by atoms with van der Waals surface area (Å²) in [6.45, 7) is 2.53. The molecule has 14 heavy (non-hydrogen) atoms. The van der Waals surface area contributed by atoms with Crippen LogP contribution in [0.15, 0.2) is 12.1 Å². The Balaban J connectivity index is 2.91. The van der Waals surface area contributed by atoms with Crippen LogP contribution in [-0.4, -0.2) is 25.9 Å². The summed E-state index contributed by atoms with van der Waals surface area (Å²) < 4.78 is 10.0. The number of hydrogen-bond acceptors (Lipinski definition) is 3. The summed E-state index contributed by atoms with van der Waals surface area (Å²) in [6.07, 6.45) is 0.827. The van der Waals surface area contributed by atoms with Crippen LogP contribution in [-0.2, 0) is 11.2 Å². The van der Waals surface area contributed by atoms with Gasteiger partial charge in [0.25, 0.3) is 0 Å². The third-order valence-corrected chi connectivity index (χ3v) is 2.14. The van der Waals surface area contributed by atoms with Gasteiger partial charge < -0.3 is 14.6 Å². The Morgan fingerprint density at radius 2 is 2.00 bits per heavy atom. The van der Waals surface area contributed by atoms with E-state index in [0.29, 0.717) is 12.4 Å². The second-order valence-electron chi connectivity index (χ2n) is 3.21. The fraction of sp³-hybridized carbons (Fsp3) is 0.455. The van der Waals surface area contributed by atoms with E-state index in [1.165, 1.54) is 0 Å². The van der Waals surface area contributed by atoms with Crippen molar-refractivity contribution >= 4 is 0 Å². The summed E-state index contributed by atoms with van der Waals surface area (Å²) in [4.78, 5) is 0. The van der Waals surface area contributed by atoms with E-state index in [1.807, 2.05) is 19.1 Å². The highest BCUT2D eigenvalue weighted by Crippen LogP contribution is 2.30. The highest BCUT2D eigenvalue weighted by atomic mass is 16.5. The number of hydrogen-bond donors (Lipinski definition) is 1.